The van der Waals surface area contributed by atoms with Crippen LogP contribution in [0.2, 0.25) is 0 Å². The van der Waals surface area contributed by atoms with Gasteiger partial charge in [-0.2, -0.15) is 0 Å². The normalized spacial score (nSPS) is 11.6. The molecule has 2 amide bonds. The summed E-state index contributed by atoms with van der Waals surface area (Å²) in [5.41, 5.74) is 1.98. The Morgan fingerprint density at radius 1 is 1.27 bits per heavy atom. The Morgan fingerprint density at radius 2 is 2.00 bits per heavy atom. The molecule has 5 heteroatoms. The van der Waals surface area contributed by atoms with E-state index in [2.05, 4.69) is 10.6 Å². The quantitative estimate of drug-likeness (QED) is 0.772. The average molecular weight is 305 g/mol. The Morgan fingerprint density at radius 3 is 2.64 bits per heavy atom. The molecule has 0 aliphatic heterocycles. The predicted octanol–water partition coefficient (Wildman–Crippen LogP) is 2.03. The van der Waals surface area contributed by atoms with Crippen molar-refractivity contribution in [3.63, 3.8) is 0 Å². The van der Waals surface area contributed by atoms with Crippen molar-refractivity contribution in [1.29, 1.82) is 0 Å². The van der Waals surface area contributed by atoms with Gasteiger partial charge in [0.15, 0.2) is 0 Å². The molecule has 0 saturated heterocycles. The zero-order valence-corrected chi connectivity index (χ0v) is 14.0. The van der Waals surface area contributed by atoms with E-state index in [4.69, 9.17) is 0 Å². The van der Waals surface area contributed by atoms with Crippen molar-refractivity contribution in [1.82, 2.24) is 10.2 Å². The Kier molecular flexibility index (Phi) is 7.43. The van der Waals surface area contributed by atoms with Crippen LogP contribution in [0.5, 0.6) is 0 Å². The first-order valence-corrected chi connectivity index (χ1v) is 7.74. The topological polar surface area (TPSA) is 61.4 Å². The molecule has 0 aliphatic carbocycles. The van der Waals surface area contributed by atoms with Crippen molar-refractivity contribution < 1.29 is 9.59 Å². The van der Waals surface area contributed by atoms with Crippen LogP contribution in [0.25, 0.3) is 0 Å². The minimum Gasteiger partial charge on any atom is -0.376 e. The molecule has 1 rings (SSSR count). The van der Waals surface area contributed by atoms with Crippen LogP contribution in [0.4, 0.5) is 5.69 Å². The van der Waals surface area contributed by atoms with Crippen LogP contribution in [0.15, 0.2) is 24.3 Å². The van der Waals surface area contributed by atoms with Gasteiger partial charge in [0.25, 0.3) is 0 Å². The lowest BCUT2D eigenvalue weighted by atomic mass is 10.1. The molecular weight excluding hydrogens is 278 g/mol. The number of rotatable bonds is 8. The van der Waals surface area contributed by atoms with Crippen LogP contribution in [0.1, 0.15) is 32.3 Å². The second-order valence-corrected chi connectivity index (χ2v) is 5.72. The number of hydrogen-bond donors (Lipinski definition) is 2. The molecule has 122 valence electrons. The molecule has 1 atom stereocenters. The van der Waals surface area contributed by atoms with Crippen LogP contribution in [-0.4, -0.2) is 43.4 Å². The largest absolute Gasteiger partial charge is 0.376 e. The molecule has 0 aliphatic rings. The second kappa shape index (κ2) is 9.07. The number of anilines is 1. The number of nitrogens with one attached hydrogen (secondary N) is 2. The molecule has 0 heterocycles. The van der Waals surface area contributed by atoms with Gasteiger partial charge in [0.1, 0.15) is 0 Å². The minimum absolute atomic E-state index is 0.0115. The van der Waals surface area contributed by atoms with E-state index in [1.807, 2.05) is 38.1 Å². The molecule has 22 heavy (non-hydrogen) atoms. The maximum atomic E-state index is 11.7. The molecule has 0 saturated carbocycles. The van der Waals surface area contributed by atoms with Gasteiger partial charge in [-0.05, 0) is 37.5 Å². The fraction of sp³-hybridized carbons (Fsp3) is 0.529. The lowest BCUT2D eigenvalue weighted by Gasteiger charge is -2.13. The lowest BCUT2D eigenvalue weighted by Crippen LogP contribution is -2.36. The summed E-state index contributed by atoms with van der Waals surface area (Å²) in [4.78, 5) is 24.9. The summed E-state index contributed by atoms with van der Waals surface area (Å²) in [7, 11) is 3.52. The molecule has 1 unspecified atom stereocenters. The highest BCUT2D eigenvalue weighted by molar-refractivity contribution is 5.81. The van der Waals surface area contributed by atoms with E-state index >= 15 is 0 Å². The zero-order chi connectivity index (χ0) is 16.5. The highest BCUT2D eigenvalue weighted by Gasteiger charge is 2.07. The van der Waals surface area contributed by atoms with E-state index in [-0.39, 0.29) is 24.4 Å². The Hall–Kier alpha value is -2.04. The first-order chi connectivity index (χ1) is 10.4. The summed E-state index contributed by atoms with van der Waals surface area (Å²) in [6.07, 6.45) is 2.11. The van der Waals surface area contributed by atoms with Crippen molar-refractivity contribution in [2.24, 2.45) is 0 Å². The molecule has 0 spiro atoms. The van der Waals surface area contributed by atoms with E-state index in [1.165, 1.54) is 0 Å². The molecule has 5 nitrogen and oxygen atoms in total. The van der Waals surface area contributed by atoms with Crippen LogP contribution >= 0.6 is 0 Å². The maximum Gasteiger partial charge on any atom is 0.239 e. The Labute approximate surface area is 133 Å². The standard InChI is InChI=1S/C17H27N3O2/c1-5-13(2)19-16(21)12-18-15-8-6-7-14(11-15)9-10-17(22)20(3)4/h6-8,11,13,18H,5,9-10,12H2,1-4H3,(H,19,21). The molecule has 1 aromatic carbocycles. The van der Waals surface area contributed by atoms with Crippen molar-refractivity contribution >= 4 is 17.5 Å². The van der Waals surface area contributed by atoms with Crippen LogP contribution in [0, 0.1) is 0 Å². The van der Waals surface area contributed by atoms with Crippen molar-refractivity contribution in [2.75, 3.05) is 26.0 Å². The van der Waals surface area contributed by atoms with Crippen LogP contribution in [-0.2, 0) is 16.0 Å². The van der Waals surface area contributed by atoms with Crippen molar-refractivity contribution in [3.8, 4) is 0 Å². The highest BCUT2D eigenvalue weighted by Crippen LogP contribution is 2.12. The number of benzene rings is 1. The first-order valence-electron chi connectivity index (χ1n) is 7.74. The fourth-order valence-corrected chi connectivity index (χ4v) is 1.92. The zero-order valence-electron chi connectivity index (χ0n) is 14.0. The van der Waals surface area contributed by atoms with Gasteiger partial charge in [0.2, 0.25) is 11.8 Å². The van der Waals surface area contributed by atoms with E-state index < -0.39 is 0 Å². The van der Waals surface area contributed by atoms with Gasteiger partial charge < -0.3 is 15.5 Å². The van der Waals surface area contributed by atoms with Crippen molar-refractivity contribution in [3.05, 3.63) is 29.8 Å². The van der Waals surface area contributed by atoms with Gasteiger partial charge in [-0.25, -0.2) is 0 Å². The SMILES string of the molecule is CCC(C)NC(=O)CNc1cccc(CCC(=O)N(C)C)c1. The van der Waals surface area contributed by atoms with Gasteiger partial charge in [0.05, 0.1) is 6.54 Å². The van der Waals surface area contributed by atoms with E-state index in [9.17, 15) is 9.59 Å². The summed E-state index contributed by atoms with van der Waals surface area (Å²) >= 11 is 0. The third kappa shape index (κ3) is 6.61. The maximum absolute atomic E-state index is 11.7. The molecule has 0 bridgehead atoms. The minimum atomic E-state index is -0.0115. The van der Waals surface area contributed by atoms with Gasteiger partial charge in [-0.3, -0.25) is 9.59 Å². The summed E-state index contributed by atoms with van der Waals surface area (Å²) < 4.78 is 0. The van der Waals surface area contributed by atoms with Crippen LogP contribution in [0.3, 0.4) is 0 Å². The second-order valence-electron chi connectivity index (χ2n) is 5.72. The highest BCUT2D eigenvalue weighted by atomic mass is 16.2. The average Bonchev–Trinajstić information content (AvgIpc) is 2.50. The Balaban J connectivity index is 2.47. The van der Waals surface area contributed by atoms with Gasteiger partial charge in [-0.1, -0.05) is 19.1 Å². The smallest absolute Gasteiger partial charge is 0.239 e. The van der Waals surface area contributed by atoms with E-state index in [1.54, 1.807) is 19.0 Å². The summed E-state index contributed by atoms with van der Waals surface area (Å²) in [5, 5.41) is 6.03. The monoisotopic (exact) mass is 305 g/mol. The lowest BCUT2D eigenvalue weighted by molar-refractivity contribution is -0.128. The van der Waals surface area contributed by atoms with Gasteiger partial charge in [-0.15, -0.1) is 0 Å². The van der Waals surface area contributed by atoms with Crippen LogP contribution < -0.4 is 10.6 Å². The van der Waals surface area contributed by atoms with Gasteiger partial charge >= 0.3 is 0 Å². The molecule has 1 aromatic rings. The predicted molar refractivity (Wildman–Crippen MR) is 89.8 cm³/mol. The molecule has 0 aromatic heterocycles. The number of hydrogen-bond acceptors (Lipinski definition) is 3. The number of carbonyl (C=O) groups excluding carboxylic acids is 2. The third-order valence-corrected chi connectivity index (χ3v) is 3.53. The molecular formula is C17H27N3O2. The van der Waals surface area contributed by atoms with E-state index in [0.717, 1.165) is 17.7 Å². The number of nitrogens with zero attached hydrogens (tertiary/aromatic N) is 1. The van der Waals surface area contributed by atoms with Crippen molar-refractivity contribution in [2.45, 2.75) is 39.2 Å². The molecule has 0 fully saturated rings. The summed E-state index contributed by atoms with van der Waals surface area (Å²) in [6, 6.07) is 8.03. The van der Waals surface area contributed by atoms with E-state index in [0.29, 0.717) is 12.8 Å². The number of carbonyl (C=O) groups is 2. The van der Waals surface area contributed by atoms with Gasteiger partial charge in [0, 0.05) is 32.2 Å². The first kappa shape index (κ1) is 18.0. The summed E-state index contributed by atoms with van der Waals surface area (Å²) in [5.74, 6) is 0.105. The fourth-order valence-electron chi connectivity index (χ4n) is 1.92. The third-order valence-electron chi connectivity index (χ3n) is 3.53. The molecule has 2 N–H and O–H groups in total. The number of aryl methyl sites for hydroxylation is 1. The number of amides is 2. The summed E-state index contributed by atoms with van der Waals surface area (Å²) in [6.45, 7) is 4.28. The molecule has 0 radical (unpaired) electrons. The Bertz CT molecular complexity index is 500.